The topological polar surface area (TPSA) is 78.2 Å². The molecule has 4 rings (SSSR count). The average Bonchev–Trinajstić information content (AvgIpc) is 3.17. The van der Waals surface area contributed by atoms with E-state index in [4.69, 9.17) is 4.74 Å². The number of carbonyl (C=O) groups excluding carboxylic acids is 1. The molecule has 3 heterocycles. The van der Waals surface area contributed by atoms with Crippen molar-refractivity contribution in [3.63, 3.8) is 0 Å². The summed E-state index contributed by atoms with van der Waals surface area (Å²) in [6.45, 7) is 10.0. The van der Waals surface area contributed by atoms with Crippen LogP contribution in [0.25, 0.3) is 16.9 Å². The smallest absolute Gasteiger partial charge is 0.335 e. The molecule has 1 aliphatic rings. The lowest BCUT2D eigenvalue weighted by molar-refractivity contribution is -0.156. The lowest BCUT2D eigenvalue weighted by Gasteiger charge is -2.22. The first-order valence-corrected chi connectivity index (χ1v) is 9.86. The summed E-state index contributed by atoms with van der Waals surface area (Å²) in [5.41, 5.74) is 3.11. The third-order valence-electron chi connectivity index (χ3n) is 5.01. The molecule has 152 valence electrons. The van der Waals surface area contributed by atoms with Crippen molar-refractivity contribution in [3.8, 4) is 5.69 Å². The van der Waals surface area contributed by atoms with Crippen LogP contribution >= 0.6 is 0 Å². The maximum absolute atomic E-state index is 13.2. The zero-order chi connectivity index (χ0) is 20.9. The van der Waals surface area contributed by atoms with E-state index in [0.29, 0.717) is 17.9 Å². The second-order valence-corrected chi connectivity index (χ2v) is 8.67. The standard InChI is InChI=1S/C22H26N4O3/c1-13(2)25-18-7-6-10-23-19(18)26(21(25)28)14-8-9-17-15(11-14)16(12-24-17)20(27)29-22(3,4)5/h6-11,13,16,24H,12H2,1-5H3. The highest BCUT2D eigenvalue weighted by Crippen LogP contribution is 2.35. The van der Waals surface area contributed by atoms with Crippen molar-refractivity contribution in [3.05, 3.63) is 52.6 Å². The molecular formula is C22H26N4O3. The number of benzene rings is 1. The van der Waals surface area contributed by atoms with Crippen LogP contribution in [0.2, 0.25) is 0 Å². The van der Waals surface area contributed by atoms with Crippen LogP contribution in [-0.2, 0) is 9.53 Å². The molecule has 3 aromatic rings. The summed E-state index contributed by atoms with van der Waals surface area (Å²) in [7, 11) is 0. The van der Waals surface area contributed by atoms with E-state index in [1.165, 1.54) is 0 Å². The minimum atomic E-state index is -0.553. The molecule has 0 bridgehead atoms. The van der Waals surface area contributed by atoms with Gasteiger partial charge in [-0.1, -0.05) is 0 Å². The Hall–Kier alpha value is -3.09. The molecule has 7 nitrogen and oxygen atoms in total. The highest BCUT2D eigenvalue weighted by Gasteiger charge is 2.33. The first kappa shape index (κ1) is 19.2. The fourth-order valence-electron chi connectivity index (χ4n) is 3.83. The van der Waals surface area contributed by atoms with Crippen molar-refractivity contribution in [2.45, 2.75) is 52.2 Å². The summed E-state index contributed by atoms with van der Waals surface area (Å²) in [5.74, 6) is -0.678. The third-order valence-corrected chi connectivity index (χ3v) is 5.01. The largest absolute Gasteiger partial charge is 0.459 e. The summed E-state index contributed by atoms with van der Waals surface area (Å²) >= 11 is 0. The first-order valence-electron chi connectivity index (χ1n) is 9.86. The highest BCUT2D eigenvalue weighted by molar-refractivity contribution is 5.85. The summed E-state index contributed by atoms with van der Waals surface area (Å²) in [6, 6.07) is 9.41. The van der Waals surface area contributed by atoms with Crippen molar-refractivity contribution in [1.29, 1.82) is 0 Å². The van der Waals surface area contributed by atoms with Gasteiger partial charge in [-0.25, -0.2) is 14.3 Å². The fraction of sp³-hybridized carbons (Fsp3) is 0.409. The van der Waals surface area contributed by atoms with E-state index in [9.17, 15) is 9.59 Å². The Bertz CT molecular complexity index is 1150. The predicted octanol–water partition coefficient (Wildman–Crippen LogP) is 3.62. The Morgan fingerprint density at radius 2 is 2.03 bits per heavy atom. The number of ether oxygens (including phenoxy) is 1. The molecule has 0 radical (unpaired) electrons. The molecule has 0 fully saturated rings. The number of anilines is 1. The first-order chi connectivity index (χ1) is 13.7. The number of carbonyl (C=O) groups is 1. The molecule has 0 amide bonds. The SMILES string of the molecule is CC(C)n1c(=O)n(-c2ccc3c(c2)C(C(=O)OC(C)(C)C)CN3)c2ncccc21. The Morgan fingerprint density at radius 3 is 2.72 bits per heavy atom. The maximum Gasteiger partial charge on any atom is 0.335 e. The van der Waals surface area contributed by atoms with Gasteiger partial charge in [-0.3, -0.25) is 9.36 Å². The molecule has 0 saturated carbocycles. The number of nitrogens with one attached hydrogen (secondary N) is 1. The Morgan fingerprint density at radius 1 is 1.28 bits per heavy atom. The number of esters is 1. The number of hydrogen-bond donors (Lipinski definition) is 1. The Balaban J connectivity index is 1.84. The fourth-order valence-corrected chi connectivity index (χ4v) is 3.83. The van der Waals surface area contributed by atoms with Gasteiger partial charge < -0.3 is 10.1 Å². The van der Waals surface area contributed by atoms with E-state index in [0.717, 1.165) is 16.8 Å². The van der Waals surface area contributed by atoms with Gasteiger partial charge in [-0.05, 0) is 70.5 Å². The van der Waals surface area contributed by atoms with Gasteiger partial charge in [0.25, 0.3) is 0 Å². The van der Waals surface area contributed by atoms with E-state index < -0.39 is 11.5 Å². The molecule has 29 heavy (non-hydrogen) atoms. The summed E-state index contributed by atoms with van der Waals surface area (Å²) < 4.78 is 8.94. The van der Waals surface area contributed by atoms with Gasteiger partial charge in [0, 0.05) is 24.5 Å². The molecule has 1 aliphatic heterocycles. The minimum absolute atomic E-state index is 0.000978. The minimum Gasteiger partial charge on any atom is -0.459 e. The third kappa shape index (κ3) is 3.30. The zero-order valence-electron chi connectivity index (χ0n) is 17.4. The summed E-state index contributed by atoms with van der Waals surface area (Å²) in [5, 5.41) is 3.26. The molecule has 1 atom stereocenters. The van der Waals surface area contributed by atoms with Crippen LogP contribution in [0, 0.1) is 0 Å². The lowest BCUT2D eigenvalue weighted by atomic mass is 10.0. The van der Waals surface area contributed by atoms with E-state index in [2.05, 4.69) is 10.3 Å². The quantitative estimate of drug-likeness (QED) is 0.687. The number of fused-ring (bicyclic) bond motifs is 2. The van der Waals surface area contributed by atoms with E-state index in [1.807, 2.05) is 65.0 Å². The van der Waals surface area contributed by atoms with Crippen molar-refractivity contribution in [2.24, 2.45) is 0 Å². The number of imidazole rings is 1. The van der Waals surface area contributed by atoms with Gasteiger partial charge in [0.15, 0.2) is 5.65 Å². The monoisotopic (exact) mass is 394 g/mol. The Kier molecular flexibility index (Phi) is 4.48. The van der Waals surface area contributed by atoms with Crippen LogP contribution in [0.4, 0.5) is 5.69 Å². The van der Waals surface area contributed by atoms with Gasteiger partial charge in [-0.15, -0.1) is 0 Å². The van der Waals surface area contributed by atoms with E-state index in [1.54, 1.807) is 15.3 Å². The molecule has 1 unspecified atom stereocenters. The average molecular weight is 394 g/mol. The number of rotatable bonds is 3. The zero-order valence-corrected chi connectivity index (χ0v) is 17.4. The second kappa shape index (κ2) is 6.76. The van der Waals surface area contributed by atoms with Gasteiger partial charge in [-0.2, -0.15) is 0 Å². The molecule has 2 aromatic heterocycles. The molecule has 1 aromatic carbocycles. The van der Waals surface area contributed by atoms with Crippen LogP contribution in [0.3, 0.4) is 0 Å². The summed E-state index contributed by atoms with van der Waals surface area (Å²) in [4.78, 5) is 30.4. The normalized spacial score (nSPS) is 16.1. The molecular weight excluding hydrogens is 368 g/mol. The van der Waals surface area contributed by atoms with Crippen LogP contribution in [-0.4, -0.2) is 32.2 Å². The van der Waals surface area contributed by atoms with Crippen molar-refractivity contribution in [2.75, 3.05) is 11.9 Å². The van der Waals surface area contributed by atoms with Crippen molar-refractivity contribution in [1.82, 2.24) is 14.1 Å². The number of hydrogen-bond acceptors (Lipinski definition) is 5. The van der Waals surface area contributed by atoms with Gasteiger partial charge in [0.05, 0.1) is 11.2 Å². The van der Waals surface area contributed by atoms with Crippen LogP contribution in [0.5, 0.6) is 0 Å². The maximum atomic E-state index is 13.2. The molecule has 7 heteroatoms. The van der Waals surface area contributed by atoms with Gasteiger partial charge in [0.1, 0.15) is 11.5 Å². The molecule has 0 saturated heterocycles. The molecule has 0 spiro atoms. The molecule has 0 aliphatic carbocycles. The van der Waals surface area contributed by atoms with Crippen LogP contribution in [0.15, 0.2) is 41.3 Å². The summed E-state index contributed by atoms with van der Waals surface area (Å²) in [6.07, 6.45) is 1.68. The van der Waals surface area contributed by atoms with E-state index >= 15 is 0 Å². The van der Waals surface area contributed by atoms with Gasteiger partial charge in [0.2, 0.25) is 0 Å². The van der Waals surface area contributed by atoms with Crippen LogP contribution < -0.4 is 11.0 Å². The number of nitrogens with zero attached hydrogens (tertiary/aromatic N) is 3. The lowest BCUT2D eigenvalue weighted by Crippen LogP contribution is -2.28. The van der Waals surface area contributed by atoms with E-state index in [-0.39, 0.29) is 17.7 Å². The Labute approximate surface area is 169 Å². The molecule has 1 N–H and O–H groups in total. The van der Waals surface area contributed by atoms with Crippen molar-refractivity contribution < 1.29 is 9.53 Å². The highest BCUT2D eigenvalue weighted by atomic mass is 16.6. The van der Waals surface area contributed by atoms with Crippen LogP contribution in [0.1, 0.15) is 52.1 Å². The van der Waals surface area contributed by atoms with Crippen molar-refractivity contribution >= 4 is 22.8 Å². The number of pyridine rings is 1. The second-order valence-electron chi connectivity index (χ2n) is 8.67. The predicted molar refractivity (Wildman–Crippen MR) is 113 cm³/mol. The number of aromatic nitrogens is 3. The van der Waals surface area contributed by atoms with Gasteiger partial charge >= 0.3 is 11.7 Å².